The van der Waals surface area contributed by atoms with Gasteiger partial charge in [0.15, 0.2) is 6.10 Å². The van der Waals surface area contributed by atoms with Gasteiger partial charge in [-0.05, 0) is 31.4 Å². The van der Waals surface area contributed by atoms with E-state index >= 15 is 0 Å². The van der Waals surface area contributed by atoms with Gasteiger partial charge in [-0.15, -0.1) is 0 Å². The van der Waals surface area contributed by atoms with Crippen LogP contribution in [0.25, 0.3) is 0 Å². The van der Waals surface area contributed by atoms with E-state index in [1.807, 2.05) is 0 Å². The van der Waals surface area contributed by atoms with Gasteiger partial charge in [-0.25, -0.2) is 13.6 Å². The lowest BCUT2D eigenvalue weighted by Crippen LogP contribution is -2.34. The molecule has 1 aromatic rings. The normalized spacial score (nSPS) is 12.5. The number of carbonyl (C=O) groups excluding carboxylic acids is 2. The third-order valence-corrected chi connectivity index (χ3v) is 3.51. The number of hydrogen-bond acceptors (Lipinski definition) is 5. The van der Waals surface area contributed by atoms with Crippen molar-refractivity contribution in [3.63, 3.8) is 0 Å². The first-order valence-corrected chi connectivity index (χ1v) is 8.54. The molecule has 0 bridgehead atoms. The predicted octanol–water partition coefficient (Wildman–Crippen LogP) is 4.39. The minimum Gasteiger partial charge on any atom is -0.449 e. The van der Waals surface area contributed by atoms with E-state index in [-0.39, 0.29) is 25.4 Å². The van der Waals surface area contributed by atoms with E-state index in [9.17, 15) is 31.5 Å². The van der Waals surface area contributed by atoms with Crippen LogP contribution >= 0.6 is 0 Å². The molecule has 0 aliphatic rings. The van der Waals surface area contributed by atoms with E-state index in [4.69, 9.17) is 4.74 Å². The van der Waals surface area contributed by atoms with Crippen LogP contribution in [0, 0.1) is 5.82 Å². The highest BCUT2D eigenvalue weighted by Gasteiger charge is 2.42. The molecule has 0 amide bonds. The molecule has 28 heavy (non-hydrogen) atoms. The molecule has 0 saturated heterocycles. The molecule has 5 nitrogen and oxygen atoms in total. The number of unbranched alkanes of at least 4 members (excludes halogenated alkanes) is 2. The van der Waals surface area contributed by atoms with Gasteiger partial charge in [-0.2, -0.15) is 13.2 Å². The lowest BCUT2D eigenvalue weighted by atomic mass is 10.1. The second-order valence-electron chi connectivity index (χ2n) is 5.82. The Morgan fingerprint density at radius 2 is 1.82 bits per heavy atom. The Labute approximate surface area is 158 Å². The first-order valence-electron chi connectivity index (χ1n) is 8.54. The summed E-state index contributed by atoms with van der Waals surface area (Å²) in [5, 5.41) is 0. The molecule has 1 rings (SSSR count). The SMILES string of the molecule is CC(=O)Oc1ccc(C(=O)O[C@H](CCCCCOCCF)C(F)(F)F)c(F)c1. The van der Waals surface area contributed by atoms with E-state index in [2.05, 4.69) is 9.47 Å². The fourth-order valence-electron chi connectivity index (χ4n) is 2.24. The van der Waals surface area contributed by atoms with E-state index in [0.717, 1.165) is 19.1 Å². The van der Waals surface area contributed by atoms with Crippen molar-refractivity contribution in [2.45, 2.75) is 44.9 Å². The molecule has 0 fully saturated rings. The molecular formula is C18H21F5O5. The average molecular weight is 412 g/mol. The number of halogens is 5. The topological polar surface area (TPSA) is 61.8 Å². The van der Waals surface area contributed by atoms with Crippen LogP contribution in [0.4, 0.5) is 22.0 Å². The molecule has 0 aliphatic heterocycles. The van der Waals surface area contributed by atoms with E-state index < -0.39 is 48.7 Å². The summed E-state index contributed by atoms with van der Waals surface area (Å²) < 4.78 is 79.0. The molecule has 0 N–H and O–H groups in total. The summed E-state index contributed by atoms with van der Waals surface area (Å²) in [4.78, 5) is 22.7. The van der Waals surface area contributed by atoms with Gasteiger partial charge in [-0.3, -0.25) is 4.79 Å². The Kier molecular flexibility index (Phi) is 9.84. The fraction of sp³-hybridized carbons (Fsp3) is 0.556. The highest BCUT2D eigenvalue weighted by molar-refractivity contribution is 5.90. The molecule has 158 valence electrons. The molecule has 0 unspecified atom stereocenters. The second kappa shape index (κ2) is 11.6. The highest BCUT2D eigenvalue weighted by atomic mass is 19.4. The third-order valence-electron chi connectivity index (χ3n) is 3.51. The van der Waals surface area contributed by atoms with Crippen LogP contribution in [0.1, 0.15) is 43.0 Å². The van der Waals surface area contributed by atoms with Crippen molar-refractivity contribution in [1.82, 2.24) is 0 Å². The van der Waals surface area contributed by atoms with Crippen molar-refractivity contribution in [3.05, 3.63) is 29.6 Å². The Bertz CT molecular complexity index is 648. The smallest absolute Gasteiger partial charge is 0.425 e. The van der Waals surface area contributed by atoms with Crippen LogP contribution in [-0.4, -0.2) is 44.1 Å². The van der Waals surface area contributed by atoms with Gasteiger partial charge in [0.25, 0.3) is 0 Å². The van der Waals surface area contributed by atoms with Gasteiger partial charge in [0.05, 0.1) is 12.2 Å². The van der Waals surface area contributed by atoms with Crippen molar-refractivity contribution < 1.29 is 45.8 Å². The number of esters is 2. The maximum absolute atomic E-state index is 13.9. The van der Waals surface area contributed by atoms with Crippen LogP contribution in [0.3, 0.4) is 0 Å². The van der Waals surface area contributed by atoms with E-state index in [1.165, 1.54) is 0 Å². The summed E-state index contributed by atoms with van der Waals surface area (Å²) in [6.45, 7) is 0.608. The first kappa shape index (κ1) is 23.8. The monoisotopic (exact) mass is 412 g/mol. The summed E-state index contributed by atoms with van der Waals surface area (Å²) in [6.07, 6.45) is -6.81. The van der Waals surface area contributed by atoms with Crippen molar-refractivity contribution >= 4 is 11.9 Å². The zero-order valence-corrected chi connectivity index (χ0v) is 15.2. The van der Waals surface area contributed by atoms with Crippen LogP contribution < -0.4 is 4.74 Å². The molecule has 0 aromatic heterocycles. The summed E-state index contributed by atoms with van der Waals surface area (Å²) >= 11 is 0. The van der Waals surface area contributed by atoms with Crippen LogP contribution in [0.5, 0.6) is 5.75 Å². The fourth-order valence-corrected chi connectivity index (χ4v) is 2.24. The minimum absolute atomic E-state index is 0.0649. The number of hydrogen-bond donors (Lipinski definition) is 0. The van der Waals surface area contributed by atoms with Gasteiger partial charge in [0, 0.05) is 19.6 Å². The first-order chi connectivity index (χ1) is 13.1. The number of benzene rings is 1. The lowest BCUT2D eigenvalue weighted by Gasteiger charge is -2.21. The molecule has 1 aromatic carbocycles. The Morgan fingerprint density at radius 1 is 1.11 bits per heavy atom. The van der Waals surface area contributed by atoms with Crippen LogP contribution in [0.15, 0.2) is 18.2 Å². The Balaban J connectivity index is 2.63. The Hall–Kier alpha value is -2.23. The highest BCUT2D eigenvalue weighted by Crippen LogP contribution is 2.28. The summed E-state index contributed by atoms with van der Waals surface area (Å²) in [6, 6.07) is 2.66. The summed E-state index contributed by atoms with van der Waals surface area (Å²) in [5.41, 5.74) is -0.704. The average Bonchev–Trinajstić information content (AvgIpc) is 2.58. The zero-order valence-electron chi connectivity index (χ0n) is 15.2. The van der Waals surface area contributed by atoms with Crippen molar-refractivity contribution in [3.8, 4) is 5.75 Å². The third kappa shape index (κ3) is 8.64. The van der Waals surface area contributed by atoms with Gasteiger partial charge in [-0.1, -0.05) is 6.42 Å². The maximum Gasteiger partial charge on any atom is 0.425 e. The molecule has 0 radical (unpaired) electrons. The minimum atomic E-state index is -4.81. The van der Waals surface area contributed by atoms with Crippen LogP contribution in [-0.2, 0) is 14.3 Å². The standard InChI is InChI=1S/C18H21F5O5/c1-12(24)27-13-6-7-14(15(20)11-13)17(25)28-16(18(21,22)23)5-3-2-4-9-26-10-8-19/h6-7,11,16H,2-5,8-10H2,1H3/t16-/m1/s1. The summed E-state index contributed by atoms with van der Waals surface area (Å²) in [5.74, 6) is -3.55. The molecule has 10 heteroatoms. The largest absolute Gasteiger partial charge is 0.449 e. The van der Waals surface area contributed by atoms with Gasteiger partial charge < -0.3 is 14.2 Å². The lowest BCUT2D eigenvalue weighted by molar-refractivity contribution is -0.206. The molecule has 0 heterocycles. The molecular weight excluding hydrogens is 391 g/mol. The predicted molar refractivity (Wildman–Crippen MR) is 88.2 cm³/mol. The van der Waals surface area contributed by atoms with Crippen molar-refractivity contribution in [2.24, 2.45) is 0 Å². The van der Waals surface area contributed by atoms with Gasteiger partial charge in [0.2, 0.25) is 0 Å². The van der Waals surface area contributed by atoms with E-state index in [0.29, 0.717) is 18.9 Å². The quantitative estimate of drug-likeness (QED) is 0.234. The second-order valence-corrected chi connectivity index (χ2v) is 5.82. The van der Waals surface area contributed by atoms with Crippen molar-refractivity contribution in [2.75, 3.05) is 19.9 Å². The summed E-state index contributed by atoms with van der Waals surface area (Å²) in [7, 11) is 0. The van der Waals surface area contributed by atoms with E-state index in [1.54, 1.807) is 0 Å². The molecule has 1 atom stereocenters. The number of alkyl halides is 4. The Morgan fingerprint density at radius 3 is 2.39 bits per heavy atom. The molecule has 0 aliphatic carbocycles. The number of rotatable bonds is 11. The van der Waals surface area contributed by atoms with Gasteiger partial charge in [0.1, 0.15) is 18.2 Å². The molecule has 0 spiro atoms. The van der Waals surface area contributed by atoms with Crippen LogP contribution in [0.2, 0.25) is 0 Å². The maximum atomic E-state index is 13.9. The van der Waals surface area contributed by atoms with Crippen molar-refractivity contribution in [1.29, 1.82) is 0 Å². The number of ether oxygens (including phenoxy) is 3. The number of carbonyl (C=O) groups is 2. The zero-order chi connectivity index (χ0) is 21.2. The molecule has 0 saturated carbocycles. The van der Waals surface area contributed by atoms with Gasteiger partial charge >= 0.3 is 18.1 Å².